The Bertz CT molecular complexity index is 447. The summed E-state index contributed by atoms with van der Waals surface area (Å²) in [6, 6.07) is 7.18. The number of anilines is 1. The zero-order chi connectivity index (χ0) is 12.2. The van der Waals surface area contributed by atoms with E-state index < -0.39 is 5.60 Å². The third kappa shape index (κ3) is 4.63. The van der Waals surface area contributed by atoms with Gasteiger partial charge in [-0.1, -0.05) is 17.9 Å². The molecule has 84 valence electrons. The lowest BCUT2D eigenvalue weighted by atomic mass is 10.1. The van der Waals surface area contributed by atoms with E-state index >= 15 is 0 Å². The molecule has 0 aliphatic carbocycles. The number of nitrogens with one attached hydrogen (secondary N) is 1. The topological polar surface area (TPSA) is 49.3 Å². The van der Waals surface area contributed by atoms with E-state index in [-0.39, 0.29) is 5.91 Å². The van der Waals surface area contributed by atoms with E-state index in [0.29, 0.717) is 5.69 Å². The molecule has 0 heterocycles. The summed E-state index contributed by atoms with van der Waals surface area (Å²) in [6.45, 7) is 4.70. The molecule has 0 aliphatic rings. The molecule has 0 fully saturated rings. The number of hydrogen-bond donors (Lipinski definition) is 2. The highest BCUT2D eigenvalue weighted by atomic mass is 16.3. The Morgan fingerprint density at radius 2 is 2.12 bits per heavy atom. The Labute approximate surface area is 95.5 Å². The first-order valence-electron chi connectivity index (χ1n) is 5.00. The van der Waals surface area contributed by atoms with Crippen molar-refractivity contribution in [2.24, 2.45) is 0 Å². The van der Waals surface area contributed by atoms with Crippen molar-refractivity contribution >= 4 is 11.6 Å². The second-order valence-electron chi connectivity index (χ2n) is 4.07. The summed E-state index contributed by atoms with van der Waals surface area (Å²) in [7, 11) is 0. The van der Waals surface area contributed by atoms with Gasteiger partial charge in [-0.3, -0.25) is 4.79 Å². The lowest BCUT2D eigenvalue weighted by Gasteiger charge is -2.06. The zero-order valence-corrected chi connectivity index (χ0v) is 9.66. The van der Waals surface area contributed by atoms with Gasteiger partial charge in [0, 0.05) is 18.2 Å². The van der Waals surface area contributed by atoms with Crippen molar-refractivity contribution in [3.05, 3.63) is 29.8 Å². The molecule has 3 nitrogen and oxygen atoms in total. The number of hydrogen-bond acceptors (Lipinski definition) is 2. The van der Waals surface area contributed by atoms with Crippen LogP contribution in [-0.4, -0.2) is 16.6 Å². The minimum Gasteiger partial charge on any atom is -0.378 e. The highest BCUT2D eigenvalue weighted by molar-refractivity contribution is 5.88. The van der Waals surface area contributed by atoms with Crippen LogP contribution in [0.5, 0.6) is 0 Å². The molecule has 2 N–H and O–H groups in total. The summed E-state index contributed by atoms with van der Waals surface area (Å²) in [5.41, 5.74) is 0.452. The molecule has 0 aromatic heterocycles. The lowest BCUT2D eigenvalue weighted by Crippen LogP contribution is -2.14. The minimum absolute atomic E-state index is 0.118. The second-order valence-corrected chi connectivity index (χ2v) is 4.07. The van der Waals surface area contributed by atoms with Crippen LogP contribution in [0.2, 0.25) is 0 Å². The van der Waals surface area contributed by atoms with Crippen molar-refractivity contribution in [1.29, 1.82) is 0 Å². The maximum atomic E-state index is 10.9. The lowest BCUT2D eigenvalue weighted by molar-refractivity contribution is -0.114. The van der Waals surface area contributed by atoms with Crippen molar-refractivity contribution in [3.8, 4) is 11.8 Å². The molecule has 16 heavy (non-hydrogen) atoms. The van der Waals surface area contributed by atoms with Gasteiger partial charge in [-0.25, -0.2) is 0 Å². The van der Waals surface area contributed by atoms with E-state index in [0.717, 1.165) is 5.56 Å². The Kier molecular flexibility index (Phi) is 3.70. The smallest absolute Gasteiger partial charge is 0.221 e. The summed E-state index contributed by atoms with van der Waals surface area (Å²) < 4.78 is 0. The molecule has 1 aromatic rings. The highest BCUT2D eigenvalue weighted by Crippen LogP contribution is 2.10. The molecule has 0 saturated carbocycles. The molecule has 0 saturated heterocycles. The van der Waals surface area contributed by atoms with Gasteiger partial charge in [0.2, 0.25) is 5.91 Å². The molecule has 1 rings (SSSR count). The Morgan fingerprint density at radius 3 is 2.69 bits per heavy atom. The number of rotatable bonds is 1. The van der Waals surface area contributed by atoms with Crippen LogP contribution in [0, 0.1) is 11.8 Å². The molecular formula is C13H15NO2. The van der Waals surface area contributed by atoms with Crippen molar-refractivity contribution < 1.29 is 9.90 Å². The van der Waals surface area contributed by atoms with Gasteiger partial charge in [-0.05, 0) is 32.0 Å². The SMILES string of the molecule is CC(=O)Nc1cccc(C#CC(C)(C)O)c1. The van der Waals surface area contributed by atoms with Gasteiger partial charge in [-0.15, -0.1) is 0 Å². The molecule has 0 unspecified atom stereocenters. The van der Waals surface area contributed by atoms with E-state index in [2.05, 4.69) is 17.2 Å². The molecule has 0 bridgehead atoms. The van der Waals surface area contributed by atoms with Gasteiger partial charge < -0.3 is 10.4 Å². The van der Waals surface area contributed by atoms with Crippen LogP contribution in [0.1, 0.15) is 26.3 Å². The first-order chi connectivity index (χ1) is 7.37. The predicted molar refractivity (Wildman–Crippen MR) is 63.9 cm³/mol. The number of carbonyl (C=O) groups is 1. The molecule has 0 spiro atoms. The van der Waals surface area contributed by atoms with Gasteiger partial charge in [0.25, 0.3) is 0 Å². The fourth-order valence-electron chi connectivity index (χ4n) is 1.10. The summed E-state index contributed by atoms with van der Waals surface area (Å²) in [4.78, 5) is 10.9. The fraction of sp³-hybridized carbons (Fsp3) is 0.308. The standard InChI is InChI=1S/C13H15NO2/c1-10(15)14-12-6-4-5-11(9-12)7-8-13(2,3)16/h4-6,9,16H,1-3H3,(H,14,15). The quantitative estimate of drug-likeness (QED) is 0.704. The number of amides is 1. The van der Waals surface area contributed by atoms with Crippen molar-refractivity contribution in [3.63, 3.8) is 0 Å². The van der Waals surface area contributed by atoms with Crippen molar-refractivity contribution in [2.75, 3.05) is 5.32 Å². The van der Waals surface area contributed by atoms with E-state index in [9.17, 15) is 9.90 Å². The Hall–Kier alpha value is -1.79. The zero-order valence-electron chi connectivity index (χ0n) is 9.66. The molecule has 0 radical (unpaired) electrons. The van der Waals surface area contributed by atoms with E-state index in [4.69, 9.17) is 0 Å². The summed E-state index contributed by atoms with van der Waals surface area (Å²) in [5, 5.41) is 12.1. The van der Waals surface area contributed by atoms with Gasteiger partial charge in [0.05, 0.1) is 0 Å². The van der Waals surface area contributed by atoms with Crippen molar-refractivity contribution in [1.82, 2.24) is 0 Å². The van der Waals surface area contributed by atoms with Crippen LogP contribution in [0.25, 0.3) is 0 Å². The van der Waals surface area contributed by atoms with E-state index in [1.807, 2.05) is 6.07 Å². The largest absolute Gasteiger partial charge is 0.378 e. The van der Waals surface area contributed by atoms with Gasteiger partial charge in [0.1, 0.15) is 5.60 Å². The van der Waals surface area contributed by atoms with Gasteiger partial charge >= 0.3 is 0 Å². The summed E-state index contributed by atoms with van der Waals surface area (Å²) in [6.07, 6.45) is 0. The van der Waals surface area contributed by atoms with Crippen molar-refractivity contribution in [2.45, 2.75) is 26.4 Å². The Balaban J connectivity index is 2.89. The number of aliphatic hydroxyl groups is 1. The summed E-state index contributed by atoms with van der Waals surface area (Å²) >= 11 is 0. The number of benzene rings is 1. The molecule has 1 aromatic carbocycles. The van der Waals surface area contributed by atoms with Crippen LogP contribution in [0.4, 0.5) is 5.69 Å². The normalized spacial score (nSPS) is 10.2. The number of carbonyl (C=O) groups excluding carboxylic acids is 1. The molecule has 0 atom stereocenters. The summed E-state index contributed by atoms with van der Waals surface area (Å²) in [5.74, 6) is 5.44. The molecule has 0 aliphatic heterocycles. The predicted octanol–water partition coefficient (Wildman–Crippen LogP) is 1.77. The fourth-order valence-corrected chi connectivity index (χ4v) is 1.10. The first kappa shape index (κ1) is 12.3. The van der Waals surface area contributed by atoms with Gasteiger partial charge in [0.15, 0.2) is 0 Å². The van der Waals surface area contributed by atoms with E-state index in [1.165, 1.54) is 6.92 Å². The third-order valence-electron chi connectivity index (χ3n) is 1.70. The highest BCUT2D eigenvalue weighted by Gasteiger charge is 2.05. The van der Waals surface area contributed by atoms with Crippen LogP contribution in [0.15, 0.2) is 24.3 Å². The molecule has 3 heteroatoms. The van der Waals surface area contributed by atoms with Crippen LogP contribution in [-0.2, 0) is 4.79 Å². The maximum absolute atomic E-state index is 10.9. The van der Waals surface area contributed by atoms with Crippen LogP contribution >= 0.6 is 0 Å². The maximum Gasteiger partial charge on any atom is 0.221 e. The van der Waals surface area contributed by atoms with E-state index in [1.54, 1.807) is 32.0 Å². The molecular weight excluding hydrogens is 202 g/mol. The Morgan fingerprint density at radius 1 is 1.44 bits per heavy atom. The van der Waals surface area contributed by atoms with Gasteiger partial charge in [-0.2, -0.15) is 0 Å². The monoisotopic (exact) mass is 217 g/mol. The van der Waals surface area contributed by atoms with Crippen LogP contribution in [0.3, 0.4) is 0 Å². The molecule has 1 amide bonds. The second kappa shape index (κ2) is 4.82. The first-order valence-corrected chi connectivity index (χ1v) is 5.00. The third-order valence-corrected chi connectivity index (χ3v) is 1.70. The average Bonchev–Trinajstić information content (AvgIpc) is 2.13. The van der Waals surface area contributed by atoms with Crippen LogP contribution < -0.4 is 5.32 Å². The average molecular weight is 217 g/mol. The minimum atomic E-state index is -1.01.